The number of carbonyl (C=O) groups is 3. The standard InChI is InChI=1S/C21H30FN3O3/c1-4-11-23-19(26)15-9-12-25(13-10-15)21(28)18(14(2)3)24-20(27)16-7-5-6-8-17(16)22/h5-8,14-15,18H,4,9-13H2,1-3H3,(H,23,26)(H,24,27). The molecule has 1 aliphatic heterocycles. The molecule has 28 heavy (non-hydrogen) atoms. The van der Waals surface area contributed by atoms with Crippen molar-refractivity contribution in [2.75, 3.05) is 19.6 Å². The zero-order valence-electron chi connectivity index (χ0n) is 16.8. The first-order chi connectivity index (χ1) is 13.3. The van der Waals surface area contributed by atoms with Gasteiger partial charge in [-0.25, -0.2) is 4.39 Å². The molecule has 0 saturated carbocycles. The molecule has 1 unspecified atom stereocenters. The minimum absolute atomic E-state index is 0.0437. The van der Waals surface area contributed by atoms with E-state index in [4.69, 9.17) is 0 Å². The number of carbonyl (C=O) groups excluding carboxylic acids is 3. The third-order valence-corrected chi connectivity index (χ3v) is 5.06. The predicted octanol–water partition coefficient (Wildman–Crippen LogP) is 2.34. The summed E-state index contributed by atoms with van der Waals surface area (Å²) in [6.07, 6.45) is 2.10. The lowest BCUT2D eigenvalue weighted by atomic mass is 9.94. The van der Waals surface area contributed by atoms with Crippen molar-refractivity contribution in [3.8, 4) is 0 Å². The van der Waals surface area contributed by atoms with E-state index in [1.807, 2.05) is 20.8 Å². The summed E-state index contributed by atoms with van der Waals surface area (Å²) in [6, 6.07) is 4.97. The van der Waals surface area contributed by atoms with Crippen molar-refractivity contribution in [3.63, 3.8) is 0 Å². The number of rotatable bonds is 7. The molecule has 1 aromatic rings. The largest absolute Gasteiger partial charge is 0.356 e. The summed E-state index contributed by atoms with van der Waals surface area (Å²) in [5.74, 6) is -1.59. The second-order valence-electron chi connectivity index (χ2n) is 7.57. The van der Waals surface area contributed by atoms with Crippen molar-refractivity contribution < 1.29 is 18.8 Å². The maximum Gasteiger partial charge on any atom is 0.254 e. The quantitative estimate of drug-likeness (QED) is 0.749. The fourth-order valence-electron chi connectivity index (χ4n) is 3.33. The van der Waals surface area contributed by atoms with E-state index >= 15 is 0 Å². The van der Waals surface area contributed by atoms with Crippen molar-refractivity contribution in [1.29, 1.82) is 0 Å². The predicted molar refractivity (Wildman–Crippen MR) is 105 cm³/mol. The Bertz CT molecular complexity index is 700. The van der Waals surface area contributed by atoms with Crippen LogP contribution in [0, 0.1) is 17.7 Å². The van der Waals surface area contributed by atoms with Crippen molar-refractivity contribution in [2.45, 2.75) is 46.1 Å². The number of hydrogen-bond acceptors (Lipinski definition) is 3. The first-order valence-corrected chi connectivity index (χ1v) is 9.97. The molecule has 1 aromatic carbocycles. The Hall–Kier alpha value is -2.44. The van der Waals surface area contributed by atoms with E-state index in [-0.39, 0.29) is 29.2 Å². The molecule has 2 N–H and O–H groups in total. The molecule has 2 rings (SSSR count). The van der Waals surface area contributed by atoms with E-state index in [1.165, 1.54) is 18.2 Å². The number of piperidine rings is 1. The van der Waals surface area contributed by atoms with E-state index in [2.05, 4.69) is 10.6 Å². The van der Waals surface area contributed by atoms with Gasteiger partial charge in [-0.3, -0.25) is 14.4 Å². The number of amides is 3. The number of halogens is 1. The summed E-state index contributed by atoms with van der Waals surface area (Å²) in [6.45, 7) is 7.30. The van der Waals surface area contributed by atoms with E-state index in [0.29, 0.717) is 32.5 Å². The van der Waals surface area contributed by atoms with Crippen LogP contribution in [0.3, 0.4) is 0 Å². The number of benzene rings is 1. The topological polar surface area (TPSA) is 78.5 Å². The lowest BCUT2D eigenvalue weighted by Crippen LogP contribution is -2.53. The Morgan fingerprint density at radius 3 is 2.39 bits per heavy atom. The summed E-state index contributed by atoms with van der Waals surface area (Å²) >= 11 is 0. The molecule has 6 nitrogen and oxygen atoms in total. The lowest BCUT2D eigenvalue weighted by molar-refractivity contribution is -0.138. The van der Waals surface area contributed by atoms with Crippen LogP contribution in [-0.4, -0.2) is 48.3 Å². The van der Waals surface area contributed by atoms with Crippen LogP contribution in [0.15, 0.2) is 24.3 Å². The van der Waals surface area contributed by atoms with Gasteiger partial charge < -0.3 is 15.5 Å². The van der Waals surface area contributed by atoms with E-state index in [1.54, 1.807) is 11.0 Å². The molecule has 1 fully saturated rings. The van der Waals surface area contributed by atoms with Gasteiger partial charge >= 0.3 is 0 Å². The zero-order chi connectivity index (χ0) is 20.7. The summed E-state index contributed by atoms with van der Waals surface area (Å²) in [7, 11) is 0. The van der Waals surface area contributed by atoms with Crippen LogP contribution in [0.25, 0.3) is 0 Å². The summed E-state index contributed by atoms with van der Waals surface area (Å²) in [5, 5.41) is 5.58. The normalized spacial score (nSPS) is 16.0. The van der Waals surface area contributed by atoms with Crippen LogP contribution in [0.1, 0.15) is 50.4 Å². The van der Waals surface area contributed by atoms with E-state index in [0.717, 1.165) is 6.42 Å². The van der Waals surface area contributed by atoms with Gasteiger partial charge in [-0.15, -0.1) is 0 Å². The second kappa shape index (κ2) is 10.2. The van der Waals surface area contributed by atoms with Crippen LogP contribution in [0.4, 0.5) is 4.39 Å². The molecule has 1 heterocycles. The molecule has 1 saturated heterocycles. The first-order valence-electron chi connectivity index (χ1n) is 9.97. The molecule has 1 aliphatic rings. The van der Waals surface area contributed by atoms with Crippen molar-refractivity contribution >= 4 is 17.7 Å². The molecular weight excluding hydrogens is 361 g/mol. The molecule has 154 valence electrons. The minimum Gasteiger partial charge on any atom is -0.356 e. The van der Waals surface area contributed by atoms with Gasteiger partial charge in [0.2, 0.25) is 11.8 Å². The Morgan fingerprint density at radius 1 is 1.18 bits per heavy atom. The number of nitrogens with one attached hydrogen (secondary N) is 2. The highest BCUT2D eigenvalue weighted by Crippen LogP contribution is 2.20. The SMILES string of the molecule is CCCNC(=O)C1CCN(C(=O)C(NC(=O)c2ccccc2F)C(C)C)CC1. The van der Waals surface area contributed by atoms with Gasteiger partial charge in [0.25, 0.3) is 5.91 Å². The maximum absolute atomic E-state index is 13.9. The van der Waals surface area contributed by atoms with Crippen LogP contribution in [0.5, 0.6) is 0 Å². The van der Waals surface area contributed by atoms with Crippen LogP contribution >= 0.6 is 0 Å². The molecule has 3 amide bonds. The fraction of sp³-hybridized carbons (Fsp3) is 0.571. The molecule has 0 radical (unpaired) electrons. The number of nitrogens with zero attached hydrogens (tertiary/aromatic N) is 1. The summed E-state index contributed by atoms with van der Waals surface area (Å²) < 4.78 is 13.9. The fourth-order valence-corrected chi connectivity index (χ4v) is 3.33. The second-order valence-corrected chi connectivity index (χ2v) is 7.57. The third kappa shape index (κ3) is 5.53. The highest BCUT2D eigenvalue weighted by atomic mass is 19.1. The monoisotopic (exact) mass is 391 g/mol. The third-order valence-electron chi connectivity index (χ3n) is 5.06. The molecule has 1 atom stereocenters. The molecule has 0 aromatic heterocycles. The van der Waals surface area contributed by atoms with Crippen molar-refractivity contribution in [2.24, 2.45) is 11.8 Å². The molecule has 0 spiro atoms. The highest BCUT2D eigenvalue weighted by molar-refractivity contribution is 5.97. The maximum atomic E-state index is 13.9. The zero-order valence-corrected chi connectivity index (χ0v) is 16.8. The van der Waals surface area contributed by atoms with Gasteiger partial charge in [-0.1, -0.05) is 32.9 Å². The van der Waals surface area contributed by atoms with Gasteiger partial charge in [0, 0.05) is 25.6 Å². The van der Waals surface area contributed by atoms with Gasteiger partial charge in [0.05, 0.1) is 5.56 Å². The van der Waals surface area contributed by atoms with Gasteiger partial charge in [-0.2, -0.15) is 0 Å². The summed E-state index contributed by atoms with van der Waals surface area (Å²) in [4.78, 5) is 39.2. The van der Waals surface area contributed by atoms with Crippen molar-refractivity contribution in [3.05, 3.63) is 35.6 Å². The van der Waals surface area contributed by atoms with Crippen LogP contribution in [0.2, 0.25) is 0 Å². The van der Waals surface area contributed by atoms with Gasteiger partial charge in [0.15, 0.2) is 0 Å². The molecule has 7 heteroatoms. The molecular formula is C21H30FN3O3. The number of hydrogen-bond donors (Lipinski definition) is 2. The van der Waals surface area contributed by atoms with Crippen LogP contribution in [-0.2, 0) is 9.59 Å². The number of likely N-dealkylation sites (tertiary alicyclic amines) is 1. The van der Waals surface area contributed by atoms with E-state index in [9.17, 15) is 18.8 Å². The average molecular weight is 391 g/mol. The molecule has 0 aliphatic carbocycles. The average Bonchev–Trinajstić information content (AvgIpc) is 2.69. The van der Waals surface area contributed by atoms with Gasteiger partial charge in [-0.05, 0) is 37.3 Å². The van der Waals surface area contributed by atoms with Crippen molar-refractivity contribution in [1.82, 2.24) is 15.5 Å². The van der Waals surface area contributed by atoms with Gasteiger partial charge in [0.1, 0.15) is 11.9 Å². The minimum atomic E-state index is -0.738. The Balaban J connectivity index is 1.97. The summed E-state index contributed by atoms with van der Waals surface area (Å²) in [5.41, 5.74) is -0.0766. The first kappa shape index (κ1) is 21.9. The highest BCUT2D eigenvalue weighted by Gasteiger charge is 2.33. The Kier molecular flexibility index (Phi) is 7.96. The molecule has 0 bridgehead atoms. The lowest BCUT2D eigenvalue weighted by Gasteiger charge is -2.35. The Labute approximate surface area is 165 Å². The van der Waals surface area contributed by atoms with E-state index < -0.39 is 17.8 Å². The smallest absolute Gasteiger partial charge is 0.254 e. The Morgan fingerprint density at radius 2 is 1.82 bits per heavy atom. The van der Waals surface area contributed by atoms with Crippen LogP contribution < -0.4 is 10.6 Å².